The SMILES string of the molecule is COc1ccc(-c2nc(C(C)=O)cn2-c2ccc(CCOCc3ccccc3)cc2)cc1. The molecule has 3 aromatic carbocycles. The molecule has 162 valence electrons. The molecule has 0 spiro atoms. The van der Waals surface area contributed by atoms with Crippen LogP contribution in [-0.4, -0.2) is 29.1 Å². The molecule has 4 rings (SSSR count). The van der Waals surface area contributed by atoms with E-state index in [1.165, 1.54) is 18.1 Å². The summed E-state index contributed by atoms with van der Waals surface area (Å²) in [5.41, 5.74) is 4.67. The summed E-state index contributed by atoms with van der Waals surface area (Å²) in [6.07, 6.45) is 2.63. The van der Waals surface area contributed by atoms with Crippen molar-refractivity contribution in [1.29, 1.82) is 0 Å². The van der Waals surface area contributed by atoms with Crippen molar-refractivity contribution in [3.05, 3.63) is 102 Å². The second-order valence-corrected chi connectivity index (χ2v) is 7.56. The lowest BCUT2D eigenvalue weighted by molar-refractivity contribution is 0.101. The fourth-order valence-electron chi connectivity index (χ4n) is 3.47. The van der Waals surface area contributed by atoms with Crippen LogP contribution in [-0.2, 0) is 17.8 Å². The molecule has 0 aliphatic rings. The van der Waals surface area contributed by atoms with E-state index in [1.807, 2.05) is 59.2 Å². The minimum Gasteiger partial charge on any atom is -0.497 e. The van der Waals surface area contributed by atoms with Crippen LogP contribution in [0.2, 0.25) is 0 Å². The molecule has 0 saturated heterocycles. The summed E-state index contributed by atoms with van der Waals surface area (Å²) >= 11 is 0. The highest BCUT2D eigenvalue weighted by atomic mass is 16.5. The number of aromatic nitrogens is 2. The van der Waals surface area contributed by atoms with E-state index in [2.05, 4.69) is 29.2 Å². The fourth-order valence-corrected chi connectivity index (χ4v) is 3.47. The van der Waals surface area contributed by atoms with Crippen LogP contribution in [0.3, 0.4) is 0 Å². The van der Waals surface area contributed by atoms with Crippen LogP contribution in [0.25, 0.3) is 17.1 Å². The van der Waals surface area contributed by atoms with Crippen LogP contribution in [0, 0.1) is 0 Å². The van der Waals surface area contributed by atoms with E-state index in [0.29, 0.717) is 18.9 Å². The molecule has 0 radical (unpaired) electrons. The lowest BCUT2D eigenvalue weighted by Crippen LogP contribution is -2.00. The maximum absolute atomic E-state index is 12.0. The molecule has 0 unspecified atom stereocenters. The number of imidazole rings is 1. The van der Waals surface area contributed by atoms with Gasteiger partial charge in [-0.15, -0.1) is 0 Å². The zero-order valence-corrected chi connectivity index (χ0v) is 18.3. The standard InChI is InChI=1S/C27H26N2O3/c1-20(30)26-18-29(27(28-26)23-10-14-25(31-2)15-11-23)24-12-8-21(9-13-24)16-17-32-19-22-6-4-3-5-7-22/h3-15,18H,16-17,19H2,1-2H3. The van der Waals surface area contributed by atoms with Crippen molar-refractivity contribution >= 4 is 5.78 Å². The molecule has 0 saturated carbocycles. The number of Topliss-reactive ketones (excluding diaryl/α,β-unsaturated/α-hetero) is 1. The molecule has 4 aromatic rings. The fraction of sp³-hybridized carbons (Fsp3) is 0.185. The van der Waals surface area contributed by atoms with Crippen molar-refractivity contribution in [3.63, 3.8) is 0 Å². The zero-order chi connectivity index (χ0) is 22.3. The second-order valence-electron chi connectivity index (χ2n) is 7.56. The largest absolute Gasteiger partial charge is 0.497 e. The Balaban J connectivity index is 1.48. The number of rotatable bonds is 9. The first-order valence-electron chi connectivity index (χ1n) is 10.6. The van der Waals surface area contributed by atoms with Crippen LogP contribution >= 0.6 is 0 Å². The molecule has 32 heavy (non-hydrogen) atoms. The Morgan fingerprint density at radius 3 is 2.28 bits per heavy atom. The van der Waals surface area contributed by atoms with Crippen molar-refractivity contribution in [2.75, 3.05) is 13.7 Å². The van der Waals surface area contributed by atoms with Gasteiger partial charge in [0.1, 0.15) is 17.3 Å². The van der Waals surface area contributed by atoms with Gasteiger partial charge in [0.2, 0.25) is 0 Å². The third kappa shape index (κ3) is 5.13. The molecular formula is C27H26N2O3. The van der Waals surface area contributed by atoms with Crippen molar-refractivity contribution in [2.24, 2.45) is 0 Å². The lowest BCUT2D eigenvalue weighted by atomic mass is 10.1. The number of carbonyl (C=O) groups is 1. The summed E-state index contributed by atoms with van der Waals surface area (Å²) in [7, 11) is 1.64. The van der Waals surface area contributed by atoms with Gasteiger partial charge in [-0.1, -0.05) is 42.5 Å². The molecule has 0 bridgehead atoms. The van der Waals surface area contributed by atoms with Gasteiger partial charge in [0, 0.05) is 24.4 Å². The molecule has 0 atom stereocenters. The van der Waals surface area contributed by atoms with Crippen LogP contribution in [0.15, 0.2) is 85.1 Å². The van der Waals surface area contributed by atoms with Crippen molar-refractivity contribution < 1.29 is 14.3 Å². The second kappa shape index (κ2) is 10.1. The highest BCUT2D eigenvalue weighted by molar-refractivity contribution is 5.92. The van der Waals surface area contributed by atoms with E-state index < -0.39 is 0 Å². The number of ether oxygens (including phenoxy) is 2. The zero-order valence-electron chi connectivity index (χ0n) is 18.3. The van der Waals surface area contributed by atoms with Gasteiger partial charge in [0.15, 0.2) is 5.78 Å². The molecule has 0 fully saturated rings. The number of methoxy groups -OCH3 is 1. The predicted molar refractivity (Wildman–Crippen MR) is 125 cm³/mol. The van der Waals surface area contributed by atoms with Crippen LogP contribution in [0.5, 0.6) is 5.75 Å². The quantitative estimate of drug-likeness (QED) is 0.262. The minimum atomic E-state index is -0.0642. The first kappa shape index (κ1) is 21.5. The number of hydrogen-bond acceptors (Lipinski definition) is 4. The Hall–Kier alpha value is -3.70. The highest BCUT2D eigenvalue weighted by Gasteiger charge is 2.14. The summed E-state index contributed by atoms with van der Waals surface area (Å²) < 4.78 is 13.0. The summed E-state index contributed by atoms with van der Waals surface area (Å²) in [6.45, 7) is 2.81. The maximum Gasteiger partial charge on any atom is 0.179 e. The summed E-state index contributed by atoms with van der Waals surface area (Å²) in [5.74, 6) is 1.43. The molecule has 1 heterocycles. The van der Waals surface area contributed by atoms with Gasteiger partial charge in [-0.3, -0.25) is 9.36 Å². The Labute approximate surface area is 188 Å². The third-order valence-corrected chi connectivity index (χ3v) is 5.28. The monoisotopic (exact) mass is 426 g/mol. The van der Waals surface area contributed by atoms with E-state index in [1.54, 1.807) is 13.3 Å². The van der Waals surface area contributed by atoms with Crippen LogP contribution < -0.4 is 4.74 Å². The van der Waals surface area contributed by atoms with E-state index >= 15 is 0 Å². The molecule has 0 aliphatic carbocycles. The highest BCUT2D eigenvalue weighted by Crippen LogP contribution is 2.25. The van der Waals surface area contributed by atoms with Crippen LogP contribution in [0.1, 0.15) is 28.5 Å². The van der Waals surface area contributed by atoms with Gasteiger partial charge in [-0.2, -0.15) is 0 Å². The summed E-state index contributed by atoms with van der Waals surface area (Å²) in [4.78, 5) is 16.5. The molecule has 0 aliphatic heterocycles. The minimum absolute atomic E-state index is 0.0642. The number of benzene rings is 3. The summed E-state index contributed by atoms with van der Waals surface area (Å²) in [6, 6.07) is 26.1. The maximum atomic E-state index is 12.0. The van der Waals surface area contributed by atoms with Crippen molar-refractivity contribution in [3.8, 4) is 22.8 Å². The van der Waals surface area contributed by atoms with E-state index in [-0.39, 0.29) is 5.78 Å². The normalized spacial score (nSPS) is 10.8. The Bertz CT molecular complexity index is 1160. The summed E-state index contributed by atoms with van der Waals surface area (Å²) in [5, 5.41) is 0. The van der Waals surface area contributed by atoms with Gasteiger partial charge < -0.3 is 9.47 Å². The van der Waals surface area contributed by atoms with Gasteiger partial charge in [0.25, 0.3) is 0 Å². The molecule has 5 nitrogen and oxygen atoms in total. The van der Waals surface area contributed by atoms with Gasteiger partial charge in [0.05, 0.1) is 20.3 Å². The Kier molecular flexibility index (Phi) is 6.78. The predicted octanol–water partition coefficient (Wildman–Crippen LogP) is 5.51. The molecule has 0 amide bonds. The average Bonchev–Trinajstić information content (AvgIpc) is 3.29. The smallest absolute Gasteiger partial charge is 0.179 e. The first-order valence-corrected chi connectivity index (χ1v) is 10.6. The molecule has 1 aromatic heterocycles. The van der Waals surface area contributed by atoms with Crippen LogP contribution in [0.4, 0.5) is 0 Å². The lowest BCUT2D eigenvalue weighted by Gasteiger charge is -2.10. The number of nitrogens with zero attached hydrogens (tertiary/aromatic N) is 2. The van der Waals surface area contributed by atoms with E-state index in [9.17, 15) is 4.79 Å². The molecular weight excluding hydrogens is 400 g/mol. The number of carbonyl (C=O) groups excluding carboxylic acids is 1. The topological polar surface area (TPSA) is 53.3 Å². The van der Waals surface area contributed by atoms with Crippen molar-refractivity contribution in [1.82, 2.24) is 9.55 Å². The Morgan fingerprint density at radius 1 is 0.906 bits per heavy atom. The molecule has 5 heteroatoms. The third-order valence-electron chi connectivity index (χ3n) is 5.28. The van der Waals surface area contributed by atoms with Crippen molar-refractivity contribution in [2.45, 2.75) is 20.0 Å². The molecule has 0 N–H and O–H groups in total. The van der Waals surface area contributed by atoms with Gasteiger partial charge in [-0.05, 0) is 53.9 Å². The number of ketones is 1. The Morgan fingerprint density at radius 2 is 1.62 bits per heavy atom. The van der Waals surface area contributed by atoms with Gasteiger partial charge in [-0.25, -0.2) is 4.98 Å². The number of hydrogen-bond donors (Lipinski definition) is 0. The van der Waals surface area contributed by atoms with E-state index in [4.69, 9.17) is 9.47 Å². The first-order chi connectivity index (χ1) is 15.6. The van der Waals surface area contributed by atoms with Gasteiger partial charge >= 0.3 is 0 Å². The average molecular weight is 427 g/mol. The van der Waals surface area contributed by atoms with E-state index in [0.717, 1.165) is 29.2 Å².